The number of hydrogen-bond acceptors (Lipinski definition) is 7. The van der Waals surface area contributed by atoms with Crippen LogP contribution in [0.1, 0.15) is 67.0 Å². The van der Waals surface area contributed by atoms with Gasteiger partial charge in [-0.2, -0.15) is 0 Å². The molecule has 4 rings (SSSR count). The molecule has 0 N–H and O–H groups in total. The van der Waals surface area contributed by atoms with Gasteiger partial charge in [0.05, 0.1) is 17.4 Å². The number of piperidine rings is 1. The minimum atomic E-state index is -0.168. The molecule has 0 saturated carbocycles. The maximum absolute atomic E-state index is 13.4. The van der Waals surface area contributed by atoms with Crippen molar-refractivity contribution in [3.8, 4) is 11.1 Å². The summed E-state index contributed by atoms with van der Waals surface area (Å²) in [7, 11) is 3.83. The highest BCUT2D eigenvalue weighted by atomic mass is 16.5. The quantitative estimate of drug-likeness (QED) is 0.614. The molecular formula is C23H28N6O2. The third-order valence-corrected chi connectivity index (χ3v) is 5.61. The normalized spacial score (nSPS) is 16.5. The van der Waals surface area contributed by atoms with Crippen LogP contribution in [0.5, 0.6) is 0 Å². The molecule has 1 atom stereocenters. The molecule has 1 fully saturated rings. The maximum Gasteiger partial charge on any atom is 0.293 e. The Labute approximate surface area is 182 Å². The number of pyridine rings is 1. The van der Waals surface area contributed by atoms with Gasteiger partial charge in [0.2, 0.25) is 11.7 Å². The van der Waals surface area contributed by atoms with Crippen molar-refractivity contribution in [2.24, 2.45) is 0 Å². The number of rotatable bonds is 5. The van der Waals surface area contributed by atoms with Gasteiger partial charge in [-0.1, -0.05) is 19.0 Å². The van der Waals surface area contributed by atoms with E-state index < -0.39 is 0 Å². The lowest BCUT2D eigenvalue weighted by atomic mass is 9.94. The summed E-state index contributed by atoms with van der Waals surface area (Å²) in [6, 6.07) is 5.47. The Morgan fingerprint density at radius 2 is 2.00 bits per heavy atom. The summed E-state index contributed by atoms with van der Waals surface area (Å²) in [4.78, 5) is 30.7. The first kappa shape index (κ1) is 21.0. The molecule has 0 spiro atoms. The second-order valence-electron chi connectivity index (χ2n) is 8.38. The summed E-state index contributed by atoms with van der Waals surface area (Å²) < 4.78 is 5.41. The topological polar surface area (TPSA) is 88.3 Å². The van der Waals surface area contributed by atoms with Crippen LogP contribution in [0.4, 0.5) is 5.95 Å². The molecule has 1 saturated heterocycles. The molecule has 31 heavy (non-hydrogen) atoms. The molecule has 0 aliphatic carbocycles. The zero-order valence-electron chi connectivity index (χ0n) is 18.4. The van der Waals surface area contributed by atoms with Crippen molar-refractivity contribution >= 4 is 11.9 Å². The van der Waals surface area contributed by atoms with E-state index in [2.05, 4.69) is 15.1 Å². The number of carbonyl (C=O) groups excluding carboxylic acids is 1. The molecule has 1 amide bonds. The average molecular weight is 421 g/mol. The molecule has 0 aromatic carbocycles. The summed E-state index contributed by atoms with van der Waals surface area (Å²) in [5.41, 5.74) is 3.53. The van der Waals surface area contributed by atoms with Crippen molar-refractivity contribution in [2.75, 3.05) is 25.5 Å². The van der Waals surface area contributed by atoms with Crippen LogP contribution in [0.2, 0.25) is 0 Å². The lowest BCUT2D eigenvalue weighted by Crippen LogP contribution is -2.39. The zero-order valence-corrected chi connectivity index (χ0v) is 18.4. The molecule has 0 radical (unpaired) electrons. The highest BCUT2D eigenvalue weighted by Gasteiger charge is 2.34. The van der Waals surface area contributed by atoms with Crippen molar-refractivity contribution in [3.05, 3.63) is 53.9 Å². The van der Waals surface area contributed by atoms with Gasteiger partial charge < -0.3 is 14.3 Å². The molecule has 4 heterocycles. The monoisotopic (exact) mass is 420 g/mol. The van der Waals surface area contributed by atoms with Crippen molar-refractivity contribution in [1.29, 1.82) is 0 Å². The van der Waals surface area contributed by atoms with Crippen LogP contribution in [-0.4, -0.2) is 51.6 Å². The van der Waals surface area contributed by atoms with E-state index in [1.807, 2.05) is 56.1 Å². The molecule has 3 aromatic heterocycles. The third-order valence-electron chi connectivity index (χ3n) is 5.61. The van der Waals surface area contributed by atoms with Crippen molar-refractivity contribution < 1.29 is 9.32 Å². The predicted molar refractivity (Wildman–Crippen MR) is 118 cm³/mol. The van der Waals surface area contributed by atoms with Crippen LogP contribution in [-0.2, 0) is 0 Å². The van der Waals surface area contributed by atoms with Gasteiger partial charge in [-0.05, 0) is 42.9 Å². The zero-order chi connectivity index (χ0) is 22.0. The van der Waals surface area contributed by atoms with Crippen LogP contribution in [0.25, 0.3) is 11.1 Å². The Balaban J connectivity index is 1.76. The van der Waals surface area contributed by atoms with E-state index in [0.29, 0.717) is 12.5 Å². The molecule has 1 aliphatic heterocycles. The summed E-state index contributed by atoms with van der Waals surface area (Å²) in [6.07, 6.45) is 8.16. The predicted octanol–water partition coefficient (Wildman–Crippen LogP) is 4.08. The van der Waals surface area contributed by atoms with Gasteiger partial charge in [0.1, 0.15) is 0 Å². The molecule has 162 valence electrons. The van der Waals surface area contributed by atoms with Crippen LogP contribution < -0.4 is 4.90 Å². The van der Waals surface area contributed by atoms with Crippen LogP contribution >= 0.6 is 0 Å². The van der Waals surface area contributed by atoms with E-state index in [9.17, 15) is 4.79 Å². The smallest absolute Gasteiger partial charge is 0.293 e. The number of likely N-dealkylation sites (tertiary alicyclic amines) is 1. The van der Waals surface area contributed by atoms with E-state index in [1.165, 1.54) is 0 Å². The molecule has 0 bridgehead atoms. The summed E-state index contributed by atoms with van der Waals surface area (Å²) >= 11 is 0. The fourth-order valence-corrected chi connectivity index (χ4v) is 3.87. The molecule has 8 heteroatoms. The molecule has 3 aromatic rings. The first-order chi connectivity index (χ1) is 15.0. The SMILES string of the molecule is CC(C)c1cc(C(=O)N2CCCCC2c2nc(N(C)C)ncc2-c2ccncc2)on1. The Morgan fingerprint density at radius 3 is 2.68 bits per heavy atom. The van der Waals surface area contributed by atoms with E-state index >= 15 is 0 Å². The number of carbonyl (C=O) groups is 1. The molecular weight excluding hydrogens is 392 g/mol. The Bertz CT molecular complexity index is 1050. The fourth-order valence-electron chi connectivity index (χ4n) is 3.87. The van der Waals surface area contributed by atoms with Crippen LogP contribution in [0, 0.1) is 0 Å². The van der Waals surface area contributed by atoms with Gasteiger partial charge >= 0.3 is 0 Å². The van der Waals surface area contributed by atoms with Gasteiger partial charge in [-0.25, -0.2) is 9.97 Å². The van der Waals surface area contributed by atoms with E-state index in [0.717, 1.165) is 41.8 Å². The van der Waals surface area contributed by atoms with Crippen molar-refractivity contribution in [2.45, 2.75) is 45.1 Å². The van der Waals surface area contributed by atoms with Gasteiger partial charge in [0, 0.05) is 50.9 Å². The van der Waals surface area contributed by atoms with Gasteiger partial charge in [-0.3, -0.25) is 9.78 Å². The minimum absolute atomic E-state index is 0.144. The largest absolute Gasteiger partial charge is 0.351 e. The number of hydrogen-bond donors (Lipinski definition) is 0. The first-order valence-electron chi connectivity index (χ1n) is 10.7. The second-order valence-corrected chi connectivity index (χ2v) is 8.38. The van der Waals surface area contributed by atoms with Crippen molar-refractivity contribution in [1.82, 2.24) is 25.0 Å². The van der Waals surface area contributed by atoms with E-state index in [1.54, 1.807) is 18.5 Å². The third kappa shape index (κ3) is 4.28. The fraction of sp³-hybridized carbons (Fsp3) is 0.435. The lowest BCUT2D eigenvalue weighted by molar-refractivity contribution is 0.0564. The standard InChI is InChI=1S/C23H28N6O2/c1-15(2)18-13-20(31-27-18)22(30)29-12-6-5-7-19(29)21-17(16-8-10-24-11-9-16)14-25-23(26-21)28(3)4/h8-11,13-15,19H,5-7,12H2,1-4H3. The number of aromatic nitrogens is 4. The Hall–Kier alpha value is -3.29. The first-order valence-corrected chi connectivity index (χ1v) is 10.7. The minimum Gasteiger partial charge on any atom is -0.351 e. The number of amides is 1. The molecule has 8 nitrogen and oxygen atoms in total. The molecule has 1 unspecified atom stereocenters. The van der Waals surface area contributed by atoms with Crippen molar-refractivity contribution in [3.63, 3.8) is 0 Å². The van der Waals surface area contributed by atoms with Gasteiger partial charge in [0.15, 0.2) is 0 Å². The van der Waals surface area contributed by atoms with Gasteiger partial charge in [0.25, 0.3) is 5.91 Å². The number of nitrogens with zero attached hydrogens (tertiary/aromatic N) is 6. The Kier molecular flexibility index (Phi) is 5.97. The Morgan fingerprint density at radius 1 is 1.23 bits per heavy atom. The average Bonchev–Trinajstić information content (AvgIpc) is 3.29. The highest BCUT2D eigenvalue weighted by Crippen LogP contribution is 2.37. The highest BCUT2D eigenvalue weighted by molar-refractivity contribution is 5.92. The number of anilines is 1. The van der Waals surface area contributed by atoms with E-state index in [-0.39, 0.29) is 23.6 Å². The summed E-state index contributed by atoms with van der Waals surface area (Å²) in [5, 5.41) is 4.07. The van der Waals surface area contributed by atoms with E-state index in [4.69, 9.17) is 9.51 Å². The summed E-state index contributed by atoms with van der Waals surface area (Å²) in [5.74, 6) is 0.954. The second kappa shape index (κ2) is 8.83. The molecule has 1 aliphatic rings. The summed E-state index contributed by atoms with van der Waals surface area (Å²) in [6.45, 7) is 4.71. The van der Waals surface area contributed by atoms with Gasteiger partial charge in [-0.15, -0.1) is 0 Å². The maximum atomic E-state index is 13.4. The lowest BCUT2D eigenvalue weighted by Gasteiger charge is -2.35. The van der Waals surface area contributed by atoms with Crippen LogP contribution in [0.15, 0.2) is 41.3 Å². The van der Waals surface area contributed by atoms with Crippen LogP contribution in [0.3, 0.4) is 0 Å².